The van der Waals surface area contributed by atoms with Gasteiger partial charge in [-0.1, -0.05) is 52.0 Å². The summed E-state index contributed by atoms with van der Waals surface area (Å²) in [6, 6.07) is 7.10. The zero-order valence-corrected chi connectivity index (χ0v) is 16.5. The van der Waals surface area contributed by atoms with E-state index in [0.29, 0.717) is 18.8 Å². The summed E-state index contributed by atoms with van der Waals surface area (Å²) >= 11 is 0. The zero-order valence-electron chi connectivity index (χ0n) is 16.5. The van der Waals surface area contributed by atoms with E-state index in [-0.39, 0.29) is 25.0 Å². The number of urea groups is 1. The molecule has 7 heteroatoms. The summed E-state index contributed by atoms with van der Waals surface area (Å²) in [6.45, 7) is 7.86. The molecule has 0 aromatic heterocycles. The van der Waals surface area contributed by atoms with Crippen LogP contribution in [0.4, 0.5) is 4.79 Å². The van der Waals surface area contributed by atoms with Crippen LogP contribution in [0.2, 0.25) is 0 Å². The quantitative estimate of drug-likeness (QED) is 0.606. The van der Waals surface area contributed by atoms with Gasteiger partial charge in [-0.15, -0.1) is 0 Å². The fourth-order valence-electron chi connectivity index (χ4n) is 3.22. The molecule has 1 aliphatic rings. The number of carbonyl (C=O) groups is 3. The number of nitrogens with zero attached hydrogens (tertiary/aromatic N) is 1. The SMILES string of the molecule is CCC1(CC)NC(=O)N(CC(=O)NCC(N)c2ccc(C(C)C)cc2)C1=O. The molecule has 1 fully saturated rings. The Morgan fingerprint density at radius 3 is 2.19 bits per heavy atom. The molecule has 1 aromatic carbocycles. The van der Waals surface area contributed by atoms with Crippen molar-refractivity contribution in [3.63, 3.8) is 0 Å². The van der Waals surface area contributed by atoms with Crippen LogP contribution in [0, 0.1) is 0 Å². The second-order valence-electron chi connectivity index (χ2n) is 7.34. The van der Waals surface area contributed by atoms with Crippen molar-refractivity contribution in [2.45, 2.75) is 58.0 Å². The molecule has 4 amide bonds. The van der Waals surface area contributed by atoms with Gasteiger partial charge in [-0.25, -0.2) is 4.79 Å². The van der Waals surface area contributed by atoms with E-state index < -0.39 is 17.5 Å². The highest BCUT2D eigenvalue weighted by molar-refractivity contribution is 6.08. The van der Waals surface area contributed by atoms with E-state index >= 15 is 0 Å². The molecule has 1 heterocycles. The van der Waals surface area contributed by atoms with Crippen molar-refractivity contribution < 1.29 is 14.4 Å². The minimum atomic E-state index is -0.897. The van der Waals surface area contributed by atoms with Crippen LogP contribution in [0.3, 0.4) is 0 Å². The average molecular weight is 374 g/mol. The first-order valence-corrected chi connectivity index (χ1v) is 9.50. The van der Waals surface area contributed by atoms with E-state index in [0.717, 1.165) is 10.5 Å². The minimum Gasteiger partial charge on any atom is -0.353 e. The number of hydrogen-bond acceptors (Lipinski definition) is 4. The van der Waals surface area contributed by atoms with Gasteiger partial charge < -0.3 is 16.4 Å². The van der Waals surface area contributed by atoms with Crippen LogP contribution in [-0.4, -0.2) is 41.4 Å². The summed E-state index contributed by atoms with van der Waals surface area (Å²) in [5.41, 5.74) is 7.39. The zero-order chi connectivity index (χ0) is 20.2. The maximum Gasteiger partial charge on any atom is 0.325 e. The van der Waals surface area contributed by atoms with Gasteiger partial charge in [-0.05, 0) is 29.9 Å². The lowest BCUT2D eigenvalue weighted by Crippen LogP contribution is -2.47. The molecule has 1 unspecified atom stereocenters. The third-order valence-corrected chi connectivity index (χ3v) is 5.31. The fraction of sp³-hybridized carbons (Fsp3) is 0.550. The Morgan fingerprint density at radius 2 is 1.70 bits per heavy atom. The van der Waals surface area contributed by atoms with E-state index in [4.69, 9.17) is 5.73 Å². The van der Waals surface area contributed by atoms with Crippen LogP contribution in [0.25, 0.3) is 0 Å². The van der Waals surface area contributed by atoms with E-state index in [9.17, 15) is 14.4 Å². The molecule has 1 atom stereocenters. The van der Waals surface area contributed by atoms with Crippen molar-refractivity contribution in [2.24, 2.45) is 5.73 Å². The molecule has 2 rings (SSSR count). The maximum atomic E-state index is 12.5. The minimum absolute atomic E-state index is 0.232. The molecule has 1 saturated heterocycles. The normalized spacial score (nSPS) is 17.2. The second kappa shape index (κ2) is 8.52. The van der Waals surface area contributed by atoms with Crippen LogP contribution >= 0.6 is 0 Å². The van der Waals surface area contributed by atoms with Gasteiger partial charge in [-0.3, -0.25) is 14.5 Å². The molecule has 27 heavy (non-hydrogen) atoms. The Balaban J connectivity index is 1.90. The summed E-state index contributed by atoms with van der Waals surface area (Å²) in [5.74, 6) is -0.311. The first-order valence-electron chi connectivity index (χ1n) is 9.50. The Labute approximate surface area is 160 Å². The van der Waals surface area contributed by atoms with Gasteiger partial charge in [0.15, 0.2) is 0 Å². The number of benzene rings is 1. The first kappa shape index (κ1) is 20.9. The van der Waals surface area contributed by atoms with Gasteiger partial charge in [-0.2, -0.15) is 0 Å². The summed E-state index contributed by atoms with van der Waals surface area (Å²) in [4.78, 5) is 37.8. The molecule has 1 aliphatic heterocycles. The van der Waals surface area contributed by atoms with Crippen molar-refractivity contribution in [3.8, 4) is 0 Å². The lowest BCUT2D eigenvalue weighted by molar-refractivity contribution is -0.135. The number of hydrogen-bond donors (Lipinski definition) is 3. The van der Waals surface area contributed by atoms with E-state index in [2.05, 4.69) is 24.5 Å². The molecular formula is C20H30N4O3. The van der Waals surface area contributed by atoms with Gasteiger partial charge in [0.25, 0.3) is 5.91 Å². The van der Waals surface area contributed by atoms with Crippen molar-refractivity contribution in [2.75, 3.05) is 13.1 Å². The summed E-state index contributed by atoms with van der Waals surface area (Å²) in [5, 5.41) is 5.42. The Hall–Kier alpha value is -2.41. The molecule has 7 nitrogen and oxygen atoms in total. The largest absolute Gasteiger partial charge is 0.353 e. The van der Waals surface area contributed by atoms with Crippen LogP contribution in [-0.2, 0) is 9.59 Å². The Kier molecular flexibility index (Phi) is 6.59. The smallest absolute Gasteiger partial charge is 0.325 e. The van der Waals surface area contributed by atoms with Crippen LogP contribution in [0.15, 0.2) is 24.3 Å². The summed E-state index contributed by atoms with van der Waals surface area (Å²) in [7, 11) is 0. The highest BCUT2D eigenvalue weighted by Gasteiger charge is 2.49. The summed E-state index contributed by atoms with van der Waals surface area (Å²) in [6.07, 6.45) is 0.979. The summed E-state index contributed by atoms with van der Waals surface area (Å²) < 4.78 is 0. The van der Waals surface area contributed by atoms with Crippen LogP contribution in [0.1, 0.15) is 63.6 Å². The first-order chi connectivity index (χ1) is 12.7. The molecule has 1 aromatic rings. The maximum absolute atomic E-state index is 12.5. The number of carbonyl (C=O) groups excluding carboxylic acids is 3. The van der Waals surface area contributed by atoms with Gasteiger partial charge in [0.2, 0.25) is 5.91 Å². The molecule has 0 bridgehead atoms. The molecular weight excluding hydrogens is 344 g/mol. The number of nitrogens with one attached hydrogen (secondary N) is 2. The third kappa shape index (κ3) is 4.47. The fourth-order valence-corrected chi connectivity index (χ4v) is 3.22. The lowest BCUT2D eigenvalue weighted by Gasteiger charge is -2.23. The van der Waals surface area contributed by atoms with Crippen molar-refractivity contribution in [1.29, 1.82) is 0 Å². The highest BCUT2D eigenvalue weighted by Crippen LogP contribution is 2.24. The number of imide groups is 1. The predicted molar refractivity (Wildman–Crippen MR) is 104 cm³/mol. The predicted octanol–water partition coefficient (Wildman–Crippen LogP) is 2.04. The molecule has 4 N–H and O–H groups in total. The Morgan fingerprint density at radius 1 is 1.15 bits per heavy atom. The van der Waals surface area contributed by atoms with Gasteiger partial charge >= 0.3 is 6.03 Å². The lowest BCUT2D eigenvalue weighted by atomic mass is 9.93. The van der Waals surface area contributed by atoms with Crippen LogP contribution < -0.4 is 16.4 Å². The van der Waals surface area contributed by atoms with Crippen molar-refractivity contribution in [3.05, 3.63) is 35.4 Å². The highest BCUT2D eigenvalue weighted by atomic mass is 16.2. The van der Waals surface area contributed by atoms with Gasteiger partial charge in [0, 0.05) is 12.6 Å². The molecule has 0 aliphatic carbocycles. The number of nitrogens with two attached hydrogens (primary N) is 1. The molecule has 0 saturated carbocycles. The van der Waals surface area contributed by atoms with E-state index in [1.165, 1.54) is 5.56 Å². The third-order valence-electron chi connectivity index (χ3n) is 5.31. The molecule has 0 radical (unpaired) electrons. The average Bonchev–Trinajstić information content (AvgIpc) is 2.90. The van der Waals surface area contributed by atoms with Crippen molar-refractivity contribution in [1.82, 2.24) is 15.5 Å². The second-order valence-corrected chi connectivity index (χ2v) is 7.34. The van der Waals surface area contributed by atoms with Gasteiger partial charge in [0.1, 0.15) is 12.1 Å². The topological polar surface area (TPSA) is 105 Å². The Bertz CT molecular complexity index is 696. The standard InChI is InChI=1S/C20H30N4O3/c1-5-20(6-2)18(26)24(19(27)23-20)12-17(25)22-11-16(21)15-9-7-14(8-10-15)13(3)4/h7-10,13,16H,5-6,11-12,21H2,1-4H3,(H,22,25)(H,23,27). The molecule has 148 valence electrons. The monoisotopic (exact) mass is 374 g/mol. The number of amides is 4. The van der Waals surface area contributed by atoms with E-state index in [1.807, 2.05) is 38.1 Å². The van der Waals surface area contributed by atoms with Crippen molar-refractivity contribution >= 4 is 17.8 Å². The van der Waals surface area contributed by atoms with Gasteiger partial charge in [0.05, 0.1) is 0 Å². The molecule has 0 spiro atoms. The van der Waals surface area contributed by atoms with Crippen LogP contribution in [0.5, 0.6) is 0 Å². The number of rotatable bonds is 8. The van der Waals surface area contributed by atoms with E-state index in [1.54, 1.807) is 0 Å².